The number of carbonyl (C=O) groups is 1. The van der Waals surface area contributed by atoms with Gasteiger partial charge in [0.05, 0.1) is 18.6 Å². The number of ether oxygens (including phenoxy) is 1. The summed E-state index contributed by atoms with van der Waals surface area (Å²) in [5.41, 5.74) is 0.826. The lowest BCUT2D eigenvalue weighted by molar-refractivity contribution is -0.148. The van der Waals surface area contributed by atoms with Gasteiger partial charge < -0.3 is 14.0 Å². The van der Waals surface area contributed by atoms with Crippen LogP contribution in [0.3, 0.4) is 0 Å². The standard InChI is InChI=1S/C19H23NO4/c1-6-7-14-8-9-15(24-14)12-23-18(21)17-16(19(17,3)4)10-13(2)11-20-22-5/h1,8-11,16-17H,7,12H2,2-5H3/b13-10?,20-11+/t16-,17+/m1/s1. The van der Waals surface area contributed by atoms with Gasteiger partial charge in [0.2, 0.25) is 0 Å². The predicted molar refractivity (Wildman–Crippen MR) is 91.1 cm³/mol. The van der Waals surface area contributed by atoms with Crippen LogP contribution in [0.2, 0.25) is 0 Å². The highest BCUT2D eigenvalue weighted by Crippen LogP contribution is 2.59. The Kier molecular flexibility index (Phi) is 5.50. The largest absolute Gasteiger partial charge is 0.461 e. The molecule has 1 aromatic heterocycles. The molecule has 0 unspecified atom stereocenters. The fourth-order valence-corrected chi connectivity index (χ4v) is 2.83. The van der Waals surface area contributed by atoms with Gasteiger partial charge in [-0.15, -0.1) is 6.42 Å². The van der Waals surface area contributed by atoms with Gasteiger partial charge in [-0.05, 0) is 36.0 Å². The summed E-state index contributed by atoms with van der Waals surface area (Å²) in [4.78, 5) is 17.0. The Hall–Kier alpha value is -2.48. The predicted octanol–water partition coefficient (Wildman–Crippen LogP) is 3.35. The molecule has 128 valence electrons. The maximum atomic E-state index is 12.3. The van der Waals surface area contributed by atoms with Crippen LogP contribution in [0, 0.1) is 29.6 Å². The zero-order chi connectivity index (χ0) is 17.7. The molecule has 0 saturated heterocycles. The van der Waals surface area contributed by atoms with Crippen LogP contribution in [-0.2, 0) is 27.4 Å². The molecule has 1 fully saturated rings. The Balaban J connectivity index is 1.92. The maximum absolute atomic E-state index is 12.3. The number of oxime groups is 1. The summed E-state index contributed by atoms with van der Waals surface area (Å²) in [6.45, 7) is 6.16. The van der Waals surface area contributed by atoms with Crippen molar-refractivity contribution in [3.8, 4) is 12.3 Å². The number of nitrogens with zero attached hydrogens (tertiary/aromatic N) is 1. The van der Waals surface area contributed by atoms with Gasteiger partial charge in [0.25, 0.3) is 0 Å². The average Bonchev–Trinajstić information content (AvgIpc) is 2.86. The molecule has 0 spiro atoms. The van der Waals surface area contributed by atoms with Gasteiger partial charge in [0, 0.05) is 0 Å². The van der Waals surface area contributed by atoms with Crippen LogP contribution in [-0.4, -0.2) is 19.3 Å². The van der Waals surface area contributed by atoms with E-state index in [-0.39, 0.29) is 29.8 Å². The molecule has 0 radical (unpaired) electrons. The normalized spacial score (nSPS) is 22.2. The van der Waals surface area contributed by atoms with Crippen LogP contribution in [0.4, 0.5) is 0 Å². The molecule has 5 nitrogen and oxygen atoms in total. The molecule has 2 atom stereocenters. The summed E-state index contributed by atoms with van der Waals surface area (Å²) in [7, 11) is 1.49. The van der Waals surface area contributed by atoms with E-state index in [0.717, 1.165) is 5.57 Å². The lowest BCUT2D eigenvalue weighted by atomic mass is 10.1. The first-order valence-corrected chi connectivity index (χ1v) is 7.82. The topological polar surface area (TPSA) is 61.0 Å². The van der Waals surface area contributed by atoms with E-state index in [1.54, 1.807) is 18.3 Å². The number of terminal acetylenes is 1. The van der Waals surface area contributed by atoms with E-state index in [9.17, 15) is 4.79 Å². The molecule has 1 heterocycles. The third kappa shape index (κ3) is 4.08. The molecular weight excluding hydrogens is 306 g/mol. The molecule has 1 aliphatic carbocycles. The molecule has 0 N–H and O–H groups in total. The fraction of sp³-hybridized carbons (Fsp3) is 0.474. The fourth-order valence-electron chi connectivity index (χ4n) is 2.83. The van der Waals surface area contributed by atoms with Crippen LogP contribution in [0.5, 0.6) is 0 Å². The smallest absolute Gasteiger partial charge is 0.310 e. The Morgan fingerprint density at radius 3 is 2.83 bits per heavy atom. The summed E-state index contributed by atoms with van der Waals surface area (Å²) >= 11 is 0. The molecule has 24 heavy (non-hydrogen) atoms. The van der Waals surface area contributed by atoms with E-state index in [0.29, 0.717) is 17.9 Å². The van der Waals surface area contributed by atoms with Gasteiger partial charge in [-0.1, -0.05) is 31.0 Å². The highest BCUT2D eigenvalue weighted by molar-refractivity contribution is 5.81. The van der Waals surface area contributed by atoms with Crippen molar-refractivity contribution >= 4 is 12.2 Å². The zero-order valence-electron chi connectivity index (χ0n) is 14.5. The zero-order valence-corrected chi connectivity index (χ0v) is 14.5. The van der Waals surface area contributed by atoms with Gasteiger partial charge in [-0.2, -0.15) is 0 Å². The van der Waals surface area contributed by atoms with Gasteiger partial charge in [0.15, 0.2) is 0 Å². The minimum atomic E-state index is -0.215. The van der Waals surface area contributed by atoms with Crippen molar-refractivity contribution in [1.29, 1.82) is 0 Å². The Bertz CT molecular complexity index is 690. The van der Waals surface area contributed by atoms with Crippen molar-refractivity contribution < 1.29 is 18.8 Å². The quantitative estimate of drug-likeness (QED) is 0.333. The summed E-state index contributed by atoms with van der Waals surface area (Å²) in [6.07, 6.45) is 9.33. The number of hydrogen-bond donors (Lipinski definition) is 0. The van der Waals surface area contributed by atoms with E-state index in [2.05, 4.69) is 29.8 Å². The number of carbonyl (C=O) groups excluding carboxylic acids is 1. The van der Waals surface area contributed by atoms with Crippen LogP contribution < -0.4 is 0 Å². The van der Waals surface area contributed by atoms with Gasteiger partial charge in [-0.25, -0.2) is 0 Å². The first kappa shape index (κ1) is 17.9. The number of rotatable bonds is 7. The minimum absolute atomic E-state index is 0.122. The third-order valence-corrected chi connectivity index (χ3v) is 4.32. The number of esters is 1. The van der Waals surface area contributed by atoms with Crippen molar-refractivity contribution in [2.24, 2.45) is 22.4 Å². The number of furan rings is 1. The second-order valence-electron chi connectivity index (χ2n) is 6.51. The molecule has 0 aliphatic heterocycles. The lowest BCUT2D eigenvalue weighted by Crippen LogP contribution is -2.10. The summed E-state index contributed by atoms with van der Waals surface area (Å²) in [5.74, 6) is 3.56. The van der Waals surface area contributed by atoms with Gasteiger partial charge in [-0.3, -0.25) is 4.79 Å². The number of allylic oxidation sites excluding steroid dienone is 2. The Morgan fingerprint density at radius 1 is 1.46 bits per heavy atom. The van der Waals surface area contributed by atoms with Crippen LogP contribution >= 0.6 is 0 Å². The Morgan fingerprint density at radius 2 is 2.17 bits per heavy atom. The van der Waals surface area contributed by atoms with Crippen molar-refractivity contribution in [2.45, 2.75) is 33.8 Å². The Labute approximate surface area is 142 Å². The van der Waals surface area contributed by atoms with E-state index in [1.165, 1.54) is 7.11 Å². The van der Waals surface area contributed by atoms with E-state index in [1.807, 2.05) is 13.0 Å². The summed E-state index contributed by atoms with van der Waals surface area (Å²) < 4.78 is 10.9. The molecule has 2 rings (SSSR count). The van der Waals surface area contributed by atoms with Gasteiger partial charge in [0.1, 0.15) is 25.2 Å². The first-order chi connectivity index (χ1) is 11.4. The molecule has 1 aromatic rings. The van der Waals surface area contributed by atoms with Crippen molar-refractivity contribution in [3.63, 3.8) is 0 Å². The summed E-state index contributed by atoms with van der Waals surface area (Å²) in [5, 5.41) is 3.73. The second-order valence-corrected chi connectivity index (χ2v) is 6.51. The molecule has 0 bridgehead atoms. The van der Waals surface area contributed by atoms with E-state index in [4.69, 9.17) is 15.6 Å². The molecular formula is C19H23NO4. The first-order valence-electron chi connectivity index (χ1n) is 7.82. The molecule has 1 aliphatic rings. The molecule has 5 heteroatoms. The van der Waals surface area contributed by atoms with Crippen LogP contribution in [0.1, 0.15) is 32.3 Å². The highest BCUT2D eigenvalue weighted by atomic mass is 16.6. The SMILES string of the molecule is C#CCc1ccc(COC(=O)[C@@H]2[C@@H](C=C(C)/C=N/OC)C2(C)C)o1. The van der Waals surface area contributed by atoms with Crippen molar-refractivity contribution in [2.75, 3.05) is 7.11 Å². The highest BCUT2D eigenvalue weighted by Gasteiger charge is 2.61. The average molecular weight is 329 g/mol. The third-order valence-electron chi connectivity index (χ3n) is 4.32. The van der Waals surface area contributed by atoms with Gasteiger partial charge >= 0.3 is 5.97 Å². The monoisotopic (exact) mass is 329 g/mol. The van der Waals surface area contributed by atoms with Crippen molar-refractivity contribution in [3.05, 3.63) is 35.3 Å². The van der Waals surface area contributed by atoms with E-state index < -0.39 is 0 Å². The molecule has 0 aromatic carbocycles. The minimum Gasteiger partial charge on any atom is -0.461 e. The lowest BCUT2D eigenvalue weighted by Gasteiger charge is -2.03. The van der Waals surface area contributed by atoms with Crippen molar-refractivity contribution in [1.82, 2.24) is 0 Å². The second kappa shape index (κ2) is 7.39. The molecule has 0 amide bonds. The molecule has 1 saturated carbocycles. The van der Waals surface area contributed by atoms with E-state index >= 15 is 0 Å². The maximum Gasteiger partial charge on any atom is 0.310 e. The number of hydrogen-bond acceptors (Lipinski definition) is 5. The van der Waals surface area contributed by atoms with Crippen LogP contribution in [0.25, 0.3) is 0 Å². The summed E-state index contributed by atoms with van der Waals surface area (Å²) in [6, 6.07) is 3.58. The van der Waals surface area contributed by atoms with Crippen LogP contribution in [0.15, 0.2) is 33.4 Å².